The van der Waals surface area contributed by atoms with Crippen LogP contribution in [0.15, 0.2) is 24.3 Å². The van der Waals surface area contributed by atoms with Gasteiger partial charge in [0.05, 0.1) is 18.4 Å². The van der Waals surface area contributed by atoms with Crippen molar-refractivity contribution in [2.24, 2.45) is 11.8 Å². The molecule has 2 unspecified atom stereocenters. The summed E-state index contributed by atoms with van der Waals surface area (Å²) in [6.07, 6.45) is -3.18. The number of carboxylic acid groups (broad SMARTS) is 1. The van der Waals surface area contributed by atoms with Crippen molar-refractivity contribution in [1.82, 2.24) is 15.5 Å². The van der Waals surface area contributed by atoms with E-state index in [0.29, 0.717) is 25.0 Å². The SMILES string of the molecule is CCC1(CC)CC(=O)N(CC2C(C(=O)N[C@@H]3CC(C)(C)Oc4ccccc43)C2(F)F)C(=N)N1.O=C(O)C(F)(F)F. The second-order valence-electron chi connectivity index (χ2n) is 10.9. The second-order valence-corrected chi connectivity index (χ2v) is 10.9. The van der Waals surface area contributed by atoms with Crippen molar-refractivity contribution in [3.63, 3.8) is 0 Å². The number of alkyl halides is 5. The lowest BCUT2D eigenvalue weighted by molar-refractivity contribution is -0.192. The number of fused-ring (bicyclic) bond motifs is 1. The summed E-state index contributed by atoms with van der Waals surface area (Å²) in [5.74, 6) is -9.46. The molecule has 3 aliphatic rings. The first kappa shape index (κ1) is 31.1. The number of carboxylic acids is 1. The number of hydrogen-bond donors (Lipinski definition) is 4. The lowest BCUT2D eigenvalue weighted by Crippen LogP contribution is -2.62. The van der Waals surface area contributed by atoms with E-state index in [9.17, 15) is 31.5 Å². The van der Waals surface area contributed by atoms with E-state index in [1.165, 1.54) is 0 Å². The van der Waals surface area contributed by atoms with E-state index < -0.39 is 53.0 Å². The van der Waals surface area contributed by atoms with Gasteiger partial charge in [-0.05, 0) is 32.8 Å². The molecule has 4 N–H and O–H groups in total. The zero-order valence-electron chi connectivity index (χ0n) is 22.5. The Hall–Kier alpha value is -3.45. The quantitative estimate of drug-likeness (QED) is 0.375. The molecular formula is C26H33F5N4O5. The van der Waals surface area contributed by atoms with E-state index in [2.05, 4.69) is 10.6 Å². The van der Waals surface area contributed by atoms with Crippen molar-refractivity contribution >= 4 is 23.7 Å². The predicted molar refractivity (Wildman–Crippen MR) is 133 cm³/mol. The van der Waals surface area contributed by atoms with Crippen LogP contribution in [0.25, 0.3) is 0 Å². The Balaban J connectivity index is 0.000000559. The number of nitrogens with zero attached hydrogens (tertiary/aromatic N) is 1. The number of halogens is 5. The van der Waals surface area contributed by atoms with Crippen molar-refractivity contribution in [3.05, 3.63) is 29.8 Å². The average molecular weight is 577 g/mol. The molecule has 4 rings (SSSR count). The summed E-state index contributed by atoms with van der Waals surface area (Å²) in [5, 5.41) is 21.2. The number of ether oxygens (including phenoxy) is 1. The fraction of sp³-hybridized carbons (Fsp3) is 0.615. The molecule has 9 nitrogen and oxygen atoms in total. The van der Waals surface area contributed by atoms with Gasteiger partial charge >= 0.3 is 12.1 Å². The topological polar surface area (TPSA) is 132 Å². The Bertz CT molecular complexity index is 1150. The van der Waals surface area contributed by atoms with Crippen LogP contribution in [0.2, 0.25) is 0 Å². The molecule has 0 spiro atoms. The van der Waals surface area contributed by atoms with Gasteiger partial charge in [0.25, 0.3) is 5.92 Å². The highest BCUT2D eigenvalue weighted by Gasteiger charge is 2.72. The van der Waals surface area contributed by atoms with Crippen LogP contribution >= 0.6 is 0 Å². The van der Waals surface area contributed by atoms with Crippen molar-refractivity contribution in [1.29, 1.82) is 5.41 Å². The second kappa shape index (κ2) is 10.8. The van der Waals surface area contributed by atoms with Gasteiger partial charge in [-0.3, -0.25) is 19.9 Å². The molecule has 0 radical (unpaired) electrons. The van der Waals surface area contributed by atoms with Crippen LogP contribution in [0.4, 0.5) is 22.0 Å². The number of hydrogen-bond acceptors (Lipinski definition) is 5. The third-order valence-corrected chi connectivity index (χ3v) is 7.60. The molecule has 40 heavy (non-hydrogen) atoms. The summed E-state index contributed by atoms with van der Waals surface area (Å²) in [6.45, 7) is 7.29. The molecule has 14 heteroatoms. The van der Waals surface area contributed by atoms with Crippen LogP contribution in [0.1, 0.15) is 65.0 Å². The Morgan fingerprint density at radius 3 is 2.30 bits per heavy atom. The number of para-hydroxylation sites is 1. The molecule has 0 bridgehead atoms. The van der Waals surface area contributed by atoms with Crippen LogP contribution in [0, 0.1) is 17.2 Å². The molecular weight excluding hydrogens is 543 g/mol. The van der Waals surface area contributed by atoms with Gasteiger partial charge in [-0.2, -0.15) is 13.2 Å². The Morgan fingerprint density at radius 2 is 1.77 bits per heavy atom. The van der Waals surface area contributed by atoms with E-state index in [1.54, 1.807) is 6.07 Å². The number of aliphatic carboxylic acids is 1. The molecule has 1 aromatic carbocycles. The van der Waals surface area contributed by atoms with E-state index in [4.69, 9.17) is 20.0 Å². The summed E-state index contributed by atoms with van der Waals surface area (Å²) >= 11 is 0. The highest BCUT2D eigenvalue weighted by Crippen LogP contribution is 2.56. The molecule has 1 saturated carbocycles. The lowest BCUT2D eigenvalue weighted by atomic mass is 9.87. The first-order valence-corrected chi connectivity index (χ1v) is 12.8. The Kier molecular flexibility index (Phi) is 8.43. The highest BCUT2D eigenvalue weighted by atomic mass is 19.4. The summed E-state index contributed by atoms with van der Waals surface area (Å²) in [4.78, 5) is 35.6. The predicted octanol–water partition coefficient (Wildman–Crippen LogP) is 4.24. The molecule has 1 aliphatic carbocycles. The molecule has 3 atom stereocenters. The maximum absolute atomic E-state index is 14.7. The minimum Gasteiger partial charge on any atom is -0.487 e. The Labute approximate surface area is 227 Å². The number of rotatable bonds is 6. The summed E-state index contributed by atoms with van der Waals surface area (Å²) in [5.41, 5.74) is -0.307. The third kappa shape index (κ3) is 6.47. The third-order valence-electron chi connectivity index (χ3n) is 7.60. The zero-order valence-corrected chi connectivity index (χ0v) is 22.5. The maximum atomic E-state index is 14.7. The van der Waals surface area contributed by atoms with E-state index in [-0.39, 0.29) is 24.8 Å². The van der Waals surface area contributed by atoms with Gasteiger partial charge < -0.3 is 20.5 Å². The molecule has 0 aromatic heterocycles. The average Bonchev–Trinajstić information content (AvgIpc) is 3.39. The minimum absolute atomic E-state index is 0.144. The van der Waals surface area contributed by atoms with Gasteiger partial charge in [-0.1, -0.05) is 32.0 Å². The van der Waals surface area contributed by atoms with Crippen LogP contribution in [0.5, 0.6) is 5.75 Å². The van der Waals surface area contributed by atoms with E-state index in [0.717, 1.165) is 10.5 Å². The van der Waals surface area contributed by atoms with Crippen LogP contribution < -0.4 is 15.4 Å². The number of guanidine groups is 1. The maximum Gasteiger partial charge on any atom is 0.490 e. The number of nitrogens with one attached hydrogen (secondary N) is 3. The number of carbonyl (C=O) groups excluding carboxylic acids is 2. The van der Waals surface area contributed by atoms with Gasteiger partial charge in [0.1, 0.15) is 17.3 Å². The van der Waals surface area contributed by atoms with Gasteiger partial charge in [-0.15, -0.1) is 0 Å². The standard InChI is InChI=1S/C24H32F2N4O3.C2HF3O2/c1-5-23(6-2)12-18(31)30(21(27)29-23)13-15-19(24(15,25)26)20(32)28-16-11-22(3,4)33-17-10-8-7-9-14(16)17;3-2(4,5)1(6)7/h7-10,15-16,19H,5-6,11-13H2,1-4H3,(H2,27,29)(H,28,32);(H,6,7)/t15?,16-,19?;/m1./s1. The molecule has 1 saturated heterocycles. The van der Waals surface area contributed by atoms with Crippen LogP contribution in [-0.2, 0) is 14.4 Å². The Morgan fingerprint density at radius 1 is 1.20 bits per heavy atom. The first-order chi connectivity index (χ1) is 18.4. The van der Waals surface area contributed by atoms with Crippen molar-refractivity contribution in [3.8, 4) is 5.75 Å². The minimum atomic E-state index is -5.08. The first-order valence-electron chi connectivity index (χ1n) is 12.8. The number of carbonyl (C=O) groups is 3. The summed E-state index contributed by atoms with van der Waals surface area (Å²) in [6, 6.07) is 6.83. The van der Waals surface area contributed by atoms with Crippen molar-refractivity contribution in [2.45, 2.75) is 82.7 Å². The van der Waals surface area contributed by atoms with E-state index >= 15 is 0 Å². The van der Waals surface area contributed by atoms with Crippen LogP contribution in [0.3, 0.4) is 0 Å². The molecule has 2 aliphatic heterocycles. The fourth-order valence-corrected chi connectivity index (χ4v) is 5.11. The normalized spacial score (nSPS) is 25.8. The molecule has 2 fully saturated rings. The molecule has 222 valence electrons. The smallest absolute Gasteiger partial charge is 0.487 e. The number of benzene rings is 1. The molecule has 1 aromatic rings. The van der Waals surface area contributed by atoms with Gasteiger partial charge in [0, 0.05) is 24.1 Å². The number of amides is 2. The molecule has 2 amide bonds. The lowest BCUT2D eigenvalue weighted by Gasteiger charge is -2.42. The fourth-order valence-electron chi connectivity index (χ4n) is 5.11. The zero-order chi connectivity index (χ0) is 30.3. The van der Waals surface area contributed by atoms with Crippen molar-refractivity contribution < 1.29 is 46.2 Å². The van der Waals surface area contributed by atoms with Crippen LogP contribution in [-0.4, -0.2) is 63.5 Å². The largest absolute Gasteiger partial charge is 0.490 e. The van der Waals surface area contributed by atoms with Crippen molar-refractivity contribution in [2.75, 3.05) is 6.54 Å². The van der Waals surface area contributed by atoms with E-state index in [1.807, 2.05) is 45.9 Å². The molecule has 2 heterocycles. The monoisotopic (exact) mass is 576 g/mol. The van der Waals surface area contributed by atoms with Gasteiger partial charge in [0.15, 0.2) is 5.96 Å². The summed E-state index contributed by atoms with van der Waals surface area (Å²) in [7, 11) is 0. The summed E-state index contributed by atoms with van der Waals surface area (Å²) < 4.78 is 67.1. The van der Waals surface area contributed by atoms with Gasteiger partial charge in [0.2, 0.25) is 11.8 Å². The highest BCUT2D eigenvalue weighted by molar-refractivity contribution is 5.99. The van der Waals surface area contributed by atoms with Gasteiger partial charge in [-0.25, -0.2) is 13.6 Å².